The number of nitriles is 1. The van der Waals surface area contributed by atoms with Gasteiger partial charge in [0.25, 0.3) is 0 Å². The Bertz CT molecular complexity index is 365. The minimum absolute atomic E-state index is 0.613. The van der Waals surface area contributed by atoms with Gasteiger partial charge in [0, 0.05) is 6.42 Å². The number of hydrogen-bond acceptors (Lipinski definition) is 2. The Balaban J connectivity index is 2.79. The first-order valence-electron chi connectivity index (χ1n) is 5.93. The first-order chi connectivity index (χ1) is 7.81. The smallest absolute Gasteiger partial charge is 0.122 e. The van der Waals surface area contributed by atoms with Gasteiger partial charge in [0.15, 0.2) is 0 Å². The van der Waals surface area contributed by atoms with Gasteiger partial charge in [-0.15, -0.1) is 0 Å². The van der Waals surface area contributed by atoms with Crippen LogP contribution in [0.2, 0.25) is 0 Å². The highest BCUT2D eigenvalue weighted by Crippen LogP contribution is 2.22. The normalized spacial score (nSPS) is 9.81. The van der Waals surface area contributed by atoms with Crippen LogP contribution in [0.1, 0.15) is 37.8 Å². The summed E-state index contributed by atoms with van der Waals surface area (Å²) < 4.78 is 5.58. The standard InChI is InChI=1S/C14H19NO/c1-3-12-8-9-14(16-4-2)13(11-12)7-5-6-10-15/h8-9,11H,3-7H2,1-2H3. The zero-order chi connectivity index (χ0) is 11.8. The SMILES string of the molecule is CCOc1ccc(CC)cc1CCCC#N. The summed E-state index contributed by atoms with van der Waals surface area (Å²) >= 11 is 0. The lowest BCUT2D eigenvalue weighted by Gasteiger charge is -2.11. The first-order valence-corrected chi connectivity index (χ1v) is 5.93. The second-order valence-electron chi connectivity index (χ2n) is 3.74. The van der Waals surface area contributed by atoms with Crippen LogP contribution in [0, 0.1) is 11.3 Å². The topological polar surface area (TPSA) is 33.0 Å². The highest BCUT2D eigenvalue weighted by molar-refractivity contribution is 5.37. The van der Waals surface area contributed by atoms with Crippen LogP contribution in [0.25, 0.3) is 0 Å². The van der Waals surface area contributed by atoms with Gasteiger partial charge in [0.05, 0.1) is 12.7 Å². The fourth-order valence-corrected chi connectivity index (χ4v) is 1.70. The van der Waals surface area contributed by atoms with Crippen LogP contribution in [-0.2, 0) is 12.8 Å². The maximum absolute atomic E-state index is 8.54. The van der Waals surface area contributed by atoms with Gasteiger partial charge in [-0.3, -0.25) is 0 Å². The number of hydrogen-bond donors (Lipinski definition) is 0. The molecule has 0 saturated carbocycles. The summed E-state index contributed by atoms with van der Waals surface area (Å²) in [6.07, 6.45) is 3.49. The molecule has 0 aliphatic heterocycles. The van der Waals surface area contributed by atoms with Crippen molar-refractivity contribution in [2.45, 2.75) is 39.5 Å². The molecule has 0 aromatic heterocycles. The van der Waals surface area contributed by atoms with Crippen molar-refractivity contribution in [3.8, 4) is 11.8 Å². The average Bonchev–Trinajstić information content (AvgIpc) is 2.31. The van der Waals surface area contributed by atoms with Gasteiger partial charge in [-0.05, 0) is 43.4 Å². The predicted molar refractivity (Wildman–Crippen MR) is 65.5 cm³/mol. The van der Waals surface area contributed by atoms with Crippen molar-refractivity contribution in [1.29, 1.82) is 5.26 Å². The lowest BCUT2D eigenvalue weighted by molar-refractivity contribution is 0.336. The molecule has 1 aromatic carbocycles. The monoisotopic (exact) mass is 217 g/mol. The zero-order valence-corrected chi connectivity index (χ0v) is 10.1. The van der Waals surface area contributed by atoms with Crippen LogP contribution in [0.4, 0.5) is 0 Å². The van der Waals surface area contributed by atoms with E-state index in [9.17, 15) is 0 Å². The van der Waals surface area contributed by atoms with E-state index in [1.54, 1.807) is 0 Å². The van der Waals surface area contributed by atoms with E-state index < -0.39 is 0 Å². The van der Waals surface area contributed by atoms with Crippen LogP contribution in [0.3, 0.4) is 0 Å². The van der Waals surface area contributed by atoms with Crippen molar-refractivity contribution in [2.75, 3.05) is 6.61 Å². The molecule has 16 heavy (non-hydrogen) atoms. The van der Waals surface area contributed by atoms with E-state index in [0.717, 1.165) is 25.0 Å². The third kappa shape index (κ3) is 3.58. The molecule has 2 heteroatoms. The molecule has 86 valence electrons. The summed E-state index contributed by atoms with van der Waals surface area (Å²) in [5.41, 5.74) is 2.56. The van der Waals surface area contributed by atoms with Crippen molar-refractivity contribution in [1.82, 2.24) is 0 Å². The number of ether oxygens (including phenoxy) is 1. The van der Waals surface area contributed by atoms with Crippen LogP contribution < -0.4 is 4.74 Å². The van der Waals surface area contributed by atoms with Gasteiger partial charge in [-0.2, -0.15) is 5.26 Å². The van der Waals surface area contributed by atoms with Gasteiger partial charge >= 0.3 is 0 Å². The molecule has 0 unspecified atom stereocenters. The Kier molecular flexibility index (Phi) is 5.42. The van der Waals surface area contributed by atoms with Crippen molar-refractivity contribution >= 4 is 0 Å². The molecule has 0 bridgehead atoms. The van der Waals surface area contributed by atoms with E-state index in [1.807, 2.05) is 13.0 Å². The number of benzene rings is 1. The summed E-state index contributed by atoms with van der Waals surface area (Å²) in [7, 11) is 0. The Morgan fingerprint density at radius 2 is 2.12 bits per heavy atom. The Hall–Kier alpha value is -1.49. The van der Waals surface area contributed by atoms with Crippen LogP contribution in [0.5, 0.6) is 5.75 Å². The first kappa shape index (κ1) is 12.6. The van der Waals surface area contributed by atoms with Gasteiger partial charge in [-0.25, -0.2) is 0 Å². The van der Waals surface area contributed by atoms with E-state index in [1.165, 1.54) is 11.1 Å². The molecular weight excluding hydrogens is 198 g/mol. The molecule has 0 aliphatic rings. The highest BCUT2D eigenvalue weighted by Gasteiger charge is 2.04. The third-order valence-electron chi connectivity index (χ3n) is 2.57. The molecule has 1 aromatic rings. The number of unbranched alkanes of at least 4 members (excludes halogenated alkanes) is 1. The zero-order valence-electron chi connectivity index (χ0n) is 10.1. The van der Waals surface area contributed by atoms with Gasteiger partial charge in [0.1, 0.15) is 5.75 Å². The van der Waals surface area contributed by atoms with E-state index >= 15 is 0 Å². The molecule has 2 nitrogen and oxygen atoms in total. The van der Waals surface area contributed by atoms with Crippen molar-refractivity contribution in [3.05, 3.63) is 29.3 Å². The van der Waals surface area contributed by atoms with Gasteiger partial charge in [0.2, 0.25) is 0 Å². The lowest BCUT2D eigenvalue weighted by atomic mass is 10.0. The minimum Gasteiger partial charge on any atom is -0.494 e. The summed E-state index contributed by atoms with van der Waals surface area (Å²) in [5.74, 6) is 0.970. The maximum Gasteiger partial charge on any atom is 0.122 e. The largest absolute Gasteiger partial charge is 0.494 e. The molecule has 0 atom stereocenters. The molecule has 0 heterocycles. The fourth-order valence-electron chi connectivity index (χ4n) is 1.70. The Morgan fingerprint density at radius 3 is 2.75 bits per heavy atom. The average molecular weight is 217 g/mol. The summed E-state index contributed by atoms with van der Waals surface area (Å²) in [6, 6.07) is 8.53. The molecule has 0 saturated heterocycles. The molecular formula is C14H19NO. The number of nitrogens with zero attached hydrogens (tertiary/aromatic N) is 1. The van der Waals surface area contributed by atoms with Crippen molar-refractivity contribution < 1.29 is 4.74 Å². The molecule has 1 rings (SSSR count). The molecule has 0 aliphatic carbocycles. The second kappa shape index (κ2) is 6.90. The van der Waals surface area contributed by atoms with Crippen molar-refractivity contribution in [3.63, 3.8) is 0 Å². The summed E-state index contributed by atoms with van der Waals surface area (Å²) in [5, 5.41) is 8.54. The maximum atomic E-state index is 8.54. The van der Waals surface area contributed by atoms with E-state index in [0.29, 0.717) is 13.0 Å². The molecule has 0 fully saturated rings. The van der Waals surface area contributed by atoms with Crippen LogP contribution in [-0.4, -0.2) is 6.61 Å². The molecule has 0 radical (unpaired) electrons. The quantitative estimate of drug-likeness (QED) is 0.683. The van der Waals surface area contributed by atoms with Gasteiger partial charge < -0.3 is 4.74 Å². The van der Waals surface area contributed by atoms with E-state index in [-0.39, 0.29) is 0 Å². The van der Waals surface area contributed by atoms with E-state index in [2.05, 4.69) is 25.1 Å². The fraction of sp³-hybridized carbons (Fsp3) is 0.500. The van der Waals surface area contributed by atoms with E-state index in [4.69, 9.17) is 10.00 Å². The molecule has 0 spiro atoms. The molecule has 0 N–H and O–H groups in total. The third-order valence-corrected chi connectivity index (χ3v) is 2.57. The van der Waals surface area contributed by atoms with Crippen LogP contribution >= 0.6 is 0 Å². The predicted octanol–water partition coefficient (Wildman–Crippen LogP) is 3.49. The Morgan fingerprint density at radius 1 is 1.31 bits per heavy atom. The minimum atomic E-state index is 0.613. The lowest BCUT2D eigenvalue weighted by Crippen LogP contribution is -1.98. The second-order valence-corrected chi connectivity index (χ2v) is 3.74. The number of rotatable bonds is 6. The Labute approximate surface area is 97.9 Å². The van der Waals surface area contributed by atoms with Crippen LogP contribution in [0.15, 0.2) is 18.2 Å². The summed E-state index contributed by atoms with van der Waals surface area (Å²) in [6.45, 7) is 4.83. The highest BCUT2D eigenvalue weighted by atomic mass is 16.5. The summed E-state index contributed by atoms with van der Waals surface area (Å²) in [4.78, 5) is 0. The molecule has 0 amide bonds. The van der Waals surface area contributed by atoms with Gasteiger partial charge in [-0.1, -0.05) is 19.1 Å². The van der Waals surface area contributed by atoms with Crippen molar-refractivity contribution in [2.24, 2.45) is 0 Å². The number of aryl methyl sites for hydroxylation is 2.